The first kappa shape index (κ1) is 17.4. The van der Waals surface area contributed by atoms with Gasteiger partial charge in [-0.15, -0.1) is 0 Å². The molecule has 0 atom stereocenters. The predicted octanol–water partition coefficient (Wildman–Crippen LogP) is 4.50. The number of hydrogen-bond donors (Lipinski definition) is 0. The Hall–Kier alpha value is -3.41. The fourth-order valence-corrected chi connectivity index (χ4v) is 4.38. The van der Waals surface area contributed by atoms with Gasteiger partial charge >= 0.3 is 0 Å². The molecule has 0 amide bonds. The summed E-state index contributed by atoms with van der Waals surface area (Å²) < 4.78 is 26.4. The van der Waals surface area contributed by atoms with Crippen LogP contribution in [0.5, 0.6) is 0 Å². The smallest absolute Gasteiger partial charge is 0.226 e. The molecular weight excluding hydrogens is 344 g/mol. The maximum atomic E-state index is 13.2. The molecule has 1 heterocycles. The average Bonchev–Trinajstić information content (AvgIpc) is 2.65. The van der Waals surface area contributed by atoms with Gasteiger partial charge in [0.2, 0.25) is 9.84 Å². The van der Waals surface area contributed by atoms with Crippen molar-refractivity contribution in [1.29, 1.82) is 5.26 Å². The molecule has 1 aliphatic rings. The lowest BCUT2D eigenvalue weighted by molar-refractivity contribution is 0.614. The Kier molecular flexibility index (Phi) is 4.58. The van der Waals surface area contributed by atoms with Gasteiger partial charge in [0, 0.05) is 0 Å². The third-order valence-corrected chi connectivity index (χ3v) is 5.90. The summed E-state index contributed by atoms with van der Waals surface area (Å²) in [6.07, 6.45) is 2.81. The Morgan fingerprint density at radius 2 is 1.50 bits per heavy atom. The summed E-state index contributed by atoms with van der Waals surface area (Å²) in [5.74, 6) is 0. The van der Waals surface area contributed by atoms with E-state index in [9.17, 15) is 13.7 Å². The maximum absolute atomic E-state index is 13.2. The van der Waals surface area contributed by atoms with Crippen LogP contribution >= 0.6 is 0 Å². The Morgan fingerprint density at radius 1 is 0.962 bits per heavy atom. The second-order valence-corrected chi connectivity index (χ2v) is 7.67. The van der Waals surface area contributed by atoms with E-state index in [1.807, 2.05) is 25.1 Å². The van der Waals surface area contributed by atoms with Crippen LogP contribution in [-0.4, -0.2) is 8.42 Å². The highest BCUT2D eigenvalue weighted by Gasteiger charge is 2.30. The summed E-state index contributed by atoms with van der Waals surface area (Å²) in [6, 6.07) is 17.7. The number of aryl methyl sites for hydroxylation is 1. The zero-order valence-electron chi connectivity index (χ0n) is 14.0. The van der Waals surface area contributed by atoms with Crippen LogP contribution in [0.1, 0.15) is 16.7 Å². The minimum atomic E-state index is -3.79. The van der Waals surface area contributed by atoms with Crippen molar-refractivity contribution in [2.45, 2.75) is 6.92 Å². The molecule has 3 rings (SSSR count). The monoisotopic (exact) mass is 358 g/mol. The summed E-state index contributed by atoms with van der Waals surface area (Å²) in [5, 5.41) is 9.23. The van der Waals surface area contributed by atoms with Crippen molar-refractivity contribution in [2.75, 3.05) is 0 Å². The van der Waals surface area contributed by atoms with E-state index in [2.05, 4.69) is 4.85 Å². The number of nitrogens with zero attached hydrogens (tertiary/aromatic N) is 2. The predicted molar refractivity (Wildman–Crippen MR) is 102 cm³/mol. The molecule has 5 heteroatoms. The number of nitriles is 1. The van der Waals surface area contributed by atoms with Crippen molar-refractivity contribution in [3.63, 3.8) is 0 Å². The molecular formula is C21H14N2O2S. The van der Waals surface area contributed by atoms with E-state index >= 15 is 0 Å². The van der Waals surface area contributed by atoms with E-state index in [-0.39, 0.29) is 15.5 Å². The molecule has 26 heavy (non-hydrogen) atoms. The maximum Gasteiger partial charge on any atom is 0.269 e. The molecule has 126 valence electrons. The van der Waals surface area contributed by atoms with E-state index < -0.39 is 9.84 Å². The Labute approximate surface area is 152 Å². The number of hydrogen-bond acceptors (Lipinski definition) is 3. The SMILES string of the molecule is [C-]#[N+]/C(C#N)=C1\C=C(c2ccccc2)S(=O)(=O)C(c2ccc(C)cc2)=C1. The third kappa shape index (κ3) is 3.09. The number of allylic oxidation sites excluding steroid dienone is 4. The van der Waals surface area contributed by atoms with Gasteiger partial charge in [-0.1, -0.05) is 60.2 Å². The van der Waals surface area contributed by atoms with Crippen LogP contribution in [0.2, 0.25) is 0 Å². The normalized spacial score (nSPS) is 17.3. The molecule has 0 radical (unpaired) electrons. The second kappa shape index (κ2) is 6.84. The molecule has 0 N–H and O–H groups in total. The molecule has 4 nitrogen and oxygen atoms in total. The van der Waals surface area contributed by atoms with E-state index in [4.69, 9.17) is 6.57 Å². The quantitative estimate of drug-likeness (QED) is 0.586. The van der Waals surface area contributed by atoms with Crippen molar-refractivity contribution >= 4 is 19.6 Å². The van der Waals surface area contributed by atoms with E-state index in [0.717, 1.165) is 5.56 Å². The van der Waals surface area contributed by atoms with Crippen molar-refractivity contribution in [3.05, 3.63) is 106 Å². The largest absolute Gasteiger partial charge is 0.269 e. The highest BCUT2D eigenvalue weighted by Crippen LogP contribution is 2.39. The van der Waals surface area contributed by atoms with Gasteiger partial charge in [0.25, 0.3) is 5.70 Å². The highest BCUT2D eigenvalue weighted by atomic mass is 32.2. The van der Waals surface area contributed by atoms with Crippen molar-refractivity contribution in [1.82, 2.24) is 0 Å². The van der Waals surface area contributed by atoms with Gasteiger partial charge in [0.05, 0.1) is 22.5 Å². The van der Waals surface area contributed by atoms with Gasteiger partial charge in [-0.25, -0.2) is 18.5 Å². The number of rotatable bonds is 2. The van der Waals surface area contributed by atoms with Crippen molar-refractivity contribution in [2.24, 2.45) is 0 Å². The molecule has 2 aromatic carbocycles. The minimum Gasteiger partial charge on any atom is -0.226 e. The van der Waals surface area contributed by atoms with Crippen LogP contribution in [0.3, 0.4) is 0 Å². The van der Waals surface area contributed by atoms with Gasteiger partial charge in [-0.3, -0.25) is 0 Å². The molecule has 1 aliphatic heterocycles. The summed E-state index contributed by atoms with van der Waals surface area (Å²) in [4.78, 5) is 3.41. The molecule has 0 bridgehead atoms. The molecule has 0 spiro atoms. The van der Waals surface area contributed by atoms with Gasteiger partial charge < -0.3 is 0 Å². The first-order chi connectivity index (χ1) is 12.5. The van der Waals surface area contributed by atoms with Crippen LogP contribution in [0, 0.1) is 24.8 Å². The lowest BCUT2D eigenvalue weighted by Crippen LogP contribution is -2.11. The van der Waals surface area contributed by atoms with Crippen LogP contribution in [0.15, 0.2) is 78.0 Å². The summed E-state index contributed by atoms with van der Waals surface area (Å²) in [5.41, 5.74) is 2.21. The molecule has 0 saturated heterocycles. The molecule has 0 saturated carbocycles. The Morgan fingerprint density at radius 3 is 2.00 bits per heavy atom. The second-order valence-electron chi connectivity index (χ2n) is 5.78. The van der Waals surface area contributed by atoms with Crippen LogP contribution in [0.25, 0.3) is 14.7 Å². The lowest BCUT2D eigenvalue weighted by atomic mass is 10.1. The van der Waals surface area contributed by atoms with E-state index in [1.165, 1.54) is 12.2 Å². The molecule has 2 aromatic rings. The fourth-order valence-electron chi connectivity index (χ4n) is 2.69. The van der Waals surface area contributed by atoms with Crippen LogP contribution < -0.4 is 0 Å². The van der Waals surface area contributed by atoms with Gasteiger partial charge in [-0.2, -0.15) is 0 Å². The zero-order chi connectivity index (χ0) is 18.7. The standard InChI is InChI=1S/C21H14N2O2S/c1-15-8-10-17(11-9-15)21-13-18(19(14-22)23-2)12-20(26(21,24)25)16-6-4-3-5-7-16/h3-13H,1H3/b19-18+. The average molecular weight is 358 g/mol. The Balaban J connectivity index is 2.31. The molecule has 0 unspecified atom stereocenters. The van der Waals surface area contributed by atoms with Gasteiger partial charge in [0.1, 0.15) is 0 Å². The van der Waals surface area contributed by atoms with Crippen molar-refractivity contribution < 1.29 is 8.42 Å². The molecule has 0 aliphatic carbocycles. The summed E-state index contributed by atoms with van der Waals surface area (Å²) >= 11 is 0. The number of benzene rings is 2. The molecule has 0 aromatic heterocycles. The zero-order valence-corrected chi connectivity index (χ0v) is 14.8. The van der Waals surface area contributed by atoms with E-state index in [0.29, 0.717) is 16.7 Å². The van der Waals surface area contributed by atoms with Gasteiger partial charge in [0.15, 0.2) is 0 Å². The van der Waals surface area contributed by atoms with Gasteiger partial charge in [-0.05, 0) is 35.8 Å². The summed E-state index contributed by atoms with van der Waals surface area (Å²) in [6.45, 7) is 9.12. The fraction of sp³-hybridized carbons (Fsp3) is 0.0476. The first-order valence-corrected chi connectivity index (χ1v) is 9.28. The highest BCUT2D eigenvalue weighted by molar-refractivity contribution is 8.09. The lowest BCUT2D eigenvalue weighted by Gasteiger charge is -2.18. The van der Waals surface area contributed by atoms with Crippen molar-refractivity contribution in [3.8, 4) is 6.07 Å². The molecule has 0 fully saturated rings. The Bertz CT molecular complexity index is 1120. The third-order valence-electron chi connectivity index (χ3n) is 4.04. The van der Waals surface area contributed by atoms with Crippen LogP contribution in [0.4, 0.5) is 0 Å². The van der Waals surface area contributed by atoms with E-state index in [1.54, 1.807) is 42.5 Å². The minimum absolute atomic E-state index is 0.0857. The van der Waals surface area contributed by atoms with Crippen LogP contribution in [-0.2, 0) is 9.84 Å². The first-order valence-electron chi connectivity index (χ1n) is 7.80. The number of sulfone groups is 1. The topological polar surface area (TPSA) is 62.3 Å². The summed E-state index contributed by atoms with van der Waals surface area (Å²) in [7, 11) is -3.79.